The lowest BCUT2D eigenvalue weighted by Gasteiger charge is -2.26. The number of aliphatic hydroxyl groups is 2. The average molecular weight is 302 g/mol. The van der Waals surface area contributed by atoms with Gasteiger partial charge in [0.1, 0.15) is 5.76 Å². The molecule has 1 aromatic rings. The van der Waals surface area contributed by atoms with Crippen LogP contribution in [0.15, 0.2) is 47.0 Å². The number of dihydropyridines is 1. The van der Waals surface area contributed by atoms with Gasteiger partial charge in [0.15, 0.2) is 0 Å². The third kappa shape index (κ3) is 3.56. The van der Waals surface area contributed by atoms with Crippen LogP contribution in [0, 0.1) is 5.53 Å². The SMILES string of the molecule is N=NC(=O)C1=C(O)C(CCCCO)NC(c2ccncc2)=C1. The van der Waals surface area contributed by atoms with E-state index in [1.165, 1.54) is 6.08 Å². The molecular weight excluding hydrogens is 284 g/mol. The molecule has 0 fully saturated rings. The molecule has 0 saturated heterocycles. The Morgan fingerprint density at radius 2 is 2.09 bits per heavy atom. The van der Waals surface area contributed by atoms with Gasteiger partial charge in [-0.15, -0.1) is 5.11 Å². The molecule has 1 aromatic heterocycles. The van der Waals surface area contributed by atoms with Crippen molar-refractivity contribution < 1.29 is 15.0 Å². The van der Waals surface area contributed by atoms with E-state index in [-0.39, 0.29) is 17.9 Å². The molecule has 1 amide bonds. The first kappa shape index (κ1) is 15.8. The summed E-state index contributed by atoms with van der Waals surface area (Å²) >= 11 is 0. The van der Waals surface area contributed by atoms with Crippen LogP contribution in [0.1, 0.15) is 24.8 Å². The first-order valence-corrected chi connectivity index (χ1v) is 7.01. The molecule has 22 heavy (non-hydrogen) atoms. The Morgan fingerprint density at radius 1 is 1.36 bits per heavy atom. The molecule has 0 spiro atoms. The van der Waals surface area contributed by atoms with E-state index in [9.17, 15) is 9.90 Å². The molecule has 2 heterocycles. The molecule has 0 radical (unpaired) electrons. The summed E-state index contributed by atoms with van der Waals surface area (Å²) in [7, 11) is 0. The van der Waals surface area contributed by atoms with Crippen molar-refractivity contribution in [3.05, 3.63) is 47.5 Å². The highest BCUT2D eigenvalue weighted by molar-refractivity contribution is 5.99. The number of aromatic nitrogens is 1. The highest BCUT2D eigenvalue weighted by atomic mass is 16.3. The van der Waals surface area contributed by atoms with Crippen molar-refractivity contribution in [1.82, 2.24) is 10.3 Å². The topological polar surface area (TPSA) is 119 Å². The van der Waals surface area contributed by atoms with Crippen molar-refractivity contribution in [3.8, 4) is 0 Å². The quantitative estimate of drug-likeness (QED) is 0.473. The Balaban J connectivity index is 2.32. The summed E-state index contributed by atoms with van der Waals surface area (Å²) in [4.78, 5) is 15.7. The standard InChI is InChI=1S/C15H18N4O3/c16-19-15(22)11-9-13(10-4-6-17-7-5-10)18-12(14(11)21)3-1-2-8-20/h4-7,9,12,16,18,20-21H,1-3,8H2. The van der Waals surface area contributed by atoms with Gasteiger partial charge in [-0.1, -0.05) is 0 Å². The summed E-state index contributed by atoms with van der Waals surface area (Å²) in [6.45, 7) is 0.0814. The maximum atomic E-state index is 11.7. The zero-order valence-electron chi connectivity index (χ0n) is 12.0. The number of unbranched alkanes of at least 4 members (excludes halogenated alkanes) is 1. The van der Waals surface area contributed by atoms with Crippen molar-refractivity contribution in [3.63, 3.8) is 0 Å². The van der Waals surface area contributed by atoms with Gasteiger partial charge in [-0.05, 0) is 37.5 Å². The van der Waals surface area contributed by atoms with E-state index in [1.54, 1.807) is 24.5 Å². The third-order valence-corrected chi connectivity index (χ3v) is 3.45. The summed E-state index contributed by atoms with van der Waals surface area (Å²) in [5.74, 6) is -0.894. The number of nitrogens with one attached hydrogen (secondary N) is 2. The average Bonchev–Trinajstić information content (AvgIpc) is 2.56. The van der Waals surface area contributed by atoms with Crippen molar-refractivity contribution in [2.45, 2.75) is 25.3 Å². The number of hydrogen-bond donors (Lipinski definition) is 4. The maximum Gasteiger partial charge on any atom is 0.298 e. The van der Waals surface area contributed by atoms with Crippen molar-refractivity contribution in [2.24, 2.45) is 5.11 Å². The van der Waals surface area contributed by atoms with Crippen LogP contribution < -0.4 is 5.32 Å². The molecule has 0 aromatic carbocycles. The Hall–Kier alpha value is -2.54. The van der Waals surface area contributed by atoms with Gasteiger partial charge in [0.2, 0.25) is 0 Å². The van der Waals surface area contributed by atoms with Crippen LogP contribution in [0.4, 0.5) is 0 Å². The number of hydrogen-bond acceptors (Lipinski definition) is 6. The van der Waals surface area contributed by atoms with Crippen LogP contribution in [0.2, 0.25) is 0 Å². The number of carbonyl (C=O) groups excluding carboxylic acids is 1. The first-order chi connectivity index (χ1) is 10.7. The predicted octanol–water partition coefficient (Wildman–Crippen LogP) is 1.93. The number of carbonyl (C=O) groups is 1. The second-order valence-corrected chi connectivity index (χ2v) is 4.93. The van der Waals surface area contributed by atoms with Crippen molar-refractivity contribution in [2.75, 3.05) is 6.61 Å². The molecule has 1 atom stereocenters. The number of nitrogens with zero attached hydrogens (tertiary/aromatic N) is 2. The normalized spacial score (nSPS) is 17.7. The van der Waals surface area contributed by atoms with E-state index in [0.717, 1.165) is 5.56 Å². The molecule has 0 bridgehead atoms. The van der Waals surface area contributed by atoms with Gasteiger partial charge in [-0.25, -0.2) is 5.53 Å². The van der Waals surface area contributed by atoms with Gasteiger partial charge in [-0.2, -0.15) is 0 Å². The Labute approximate surface area is 127 Å². The van der Waals surface area contributed by atoms with E-state index in [4.69, 9.17) is 10.6 Å². The second-order valence-electron chi connectivity index (χ2n) is 4.93. The predicted molar refractivity (Wildman–Crippen MR) is 79.9 cm³/mol. The molecule has 4 N–H and O–H groups in total. The fourth-order valence-electron chi connectivity index (χ4n) is 2.30. The summed E-state index contributed by atoms with van der Waals surface area (Å²) in [6.07, 6.45) is 6.63. The molecule has 1 aliphatic rings. The second kappa shape index (κ2) is 7.46. The van der Waals surface area contributed by atoms with E-state index >= 15 is 0 Å². The Kier molecular flexibility index (Phi) is 5.37. The van der Waals surface area contributed by atoms with Crippen LogP contribution in [-0.2, 0) is 4.79 Å². The van der Waals surface area contributed by atoms with Crippen molar-refractivity contribution in [1.29, 1.82) is 5.53 Å². The summed E-state index contributed by atoms with van der Waals surface area (Å²) in [5, 5.41) is 25.2. The molecule has 1 unspecified atom stereocenters. The molecule has 1 aliphatic heterocycles. The molecule has 7 heteroatoms. The molecule has 116 valence electrons. The lowest BCUT2D eigenvalue weighted by atomic mass is 9.96. The molecule has 0 saturated carbocycles. The molecular formula is C15H18N4O3. The van der Waals surface area contributed by atoms with Gasteiger partial charge in [0, 0.05) is 30.3 Å². The van der Waals surface area contributed by atoms with Gasteiger partial charge < -0.3 is 15.5 Å². The van der Waals surface area contributed by atoms with Crippen LogP contribution >= 0.6 is 0 Å². The zero-order valence-corrected chi connectivity index (χ0v) is 12.0. The monoisotopic (exact) mass is 302 g/mol. The minimum absolute atomic E-state index is 0.0227. The number of rotatable bonds is 6. The van der Waals surface area contributed by atoms with Crippen LogP contribution in [-0.4, -0.2) is 33.8 Å². The fraction of sp³-hybridized carbons (Fsp3) is 0.333. The van der Waals surface area contributed by atoms with E-state index < -0.39 is 11.9 Å². The van der Waals surface area contributed by atoms with Gasteiger partial charge in [0.25, 0.3) is 5.91 Å². The largest absolute Gasteiger partial charge is 0.509 e. The minimum atomic E-state index is -0.780. The number of amides is 1. The van der Waals surface area contributed by atoms with Crippen LogP contribution in [0.5, 0.6) is 0 Å². The van der Waals surface area contributed by atoms with E-state index in [2.05, 4.69) is 15.4 Å². The third-order valence-electron chi connectivity index (χ3n) is 3.45. The summed E-state index contributed by atoms with van der Waals surface area (Å²) in [5.41, 5.74) is 8.39. The lowest BCUT2D eigenvalue weighted by molar-refractivity contribution is -0.115. The fourth-order valence-corrected chi connectivity index (χ4v) is 2.30. The summed E-state index contributed by atoms with van der Waals surface area (Å²) in [6, 6.07) is 3.12. The summed E-state index contributed by atoms with van der Waals surface area (Å²) < 4.78 is 0. The Morgan fingerprint density at radius 3 is 2.73 bits per heavy atom. The van der Waals surface area contributed by atoms with Crippen LogP contribution in [0.3, 0.4) is 0 Å². The lowest BCUT2D eigenvalue weighted by Crippen LogP contribution is -2.34. The van der Waals surface area contributed by atoms with Crippen molar-refractivity contribution >= 4 is 11.6 Å². The maximum absolute atomic E-state index is 11.7. The smallest absolute Gasteiger partial charge is 0.298 e. The minimum Gasteiger partial charge on any atom is -0.509 e. The van der Waals surface area contributed by atoms with Gasteiger partial charge in [-0.3, -0.25) is 9.78 Å². The molecule has 0 aliphatic carbocycles. The number of aliphatic hydroxyl groups excluding tert-OH is 2. The highest BCUT2D eigenvalue weighted by Gasteiger charge is 2.26. The first-order valence-electron chi connectivity index (χ1n) is 7.01. The van der Waals surface area contributed by atoms with Crippen LogP contribution in [0.25, 0.3) is 5.70 Å². The van der Waals surface area contributed by atoms with Gasteiger partial charge >= 0.3 is 0 Å². The molecule has 2 rings (SSSR count). The number of pyridine rings is 1. The van der Waals surface area contributed by atoms with E-state index in [1.807, 2.05) is 0 Å². The van der Waals surface area contributed by atoms with Gasteiger partial charge in [0.05, 0.1) is 11.6 Å². The Bertz CT molecular complexity index is 610. The molecule has 7 nitrogen and oxygen atoms in total. The zero-order chi connectivity index (χ0) is 15.9. The highest BCUT2D eigenvalue weighted by Crippen LogP contribution is 2.25. The van der Waals surface area contributed by atoms with E-state index in [0.29, 0.717) is 25.0 Å².